The first-order valence-electron chi connectivity index (χ1n) is 9.77. The second kappa shape index (κ2) is 8.68. The van der Waals surface area contributed by atoms with E-state index < -0.39 is 5.41 Å². The van der Waals surface area contributed by atoms with E-state index >= 15 is 0 Å². The van der Waals surface area contributed by atoms with Gasteiger partial charge in [-0.2, -0.15) is 0 Å². The van der Waals surface area contributed by atoms with E-state index in [2.05, 4.69) is 29.2 Å². The molecule has 144 valence electrons. The molecule has 1 N–H and O–H groups in total. The number of likely N-dealkylation sites (tertiary alicyclic amines) is 1. The fraction of sp³-hybridized carbons (Fsp3) is 0.435. The van der Waals surface area contributed by atoms with E-state index in [1.54, 1.807) is 4.90 Å². The molecule has 2 aromatic carbocycles. The van der Waals surface area contributed by atoms with Gasteiger partial charge in [0, 0.05) is 27.2 Å². The van der Waals surface area contributed by atoms with Crippen LogP contribution >= 0.6 is 0 Å². The smallest absolute Gasteiger partial charge is 0.237 e. The predicted molar refractivity (Wildman–Crippen MR) is 109 cm³/mol. The van der Waals surface area contributed by atoms with E-state index in [-0.39, 0.29) is 12.0 Å². The Morgan fingerprint density at radius 2 is 1.48 bits per heavy atom. The SMILES string of the molecule is CN(C)C(=O)C(CCN1CCC(O)CC1)(c1ccccc1)c1ccccc1. The van der Waals surface area contributed by atoms with Crippen LogP contribution in [0.2, 0.25) is 0 Å². The number of hydrogen-bond donors (Lipinski definition) is 1. The van der Waals surface area contributed by atoms with Gasteiger partial charge in [-0.25, -0.2) is 0 Å². The molecule has 0 saturated carbocycles. The number of benzene rings is 2. The van der Waals surface area contributed by atoms with Gasteiger partial charge < -0.3 is 14.9 Å². The van der Waals surface area contributed by atoms with Gasteiger partial charge in [-0.3, -0.25) is 4.79 Å². The van der Waals surface area contributed by atoms with E-state index in [4.69, 9.17) is 0 Å². The minimum atomic E-state index is -0.706. The summed E-state index contributed by atoms with van der Waals surface area (Å²) in [6.07, 6.45) is 2.16. The summed E-state index contributed by atoms with van der Waals surface area (Å²) in [4.78, 5) is 17.6. The third-order valence-electron chi connectivity index (χ3n) is 5.66. The van der Waals surface area contributed by atoms with E-state index in [1.807, 2.05) is 50.5 Å². The van der Waals surface area contributed by atoms with Gasteiger partial charge in [-0.1, -0.05) is 60.7 Å². The number of piperidine rings is 1. The molecule has 0 atom stereocenters. The largest absolute Gasteiger partial charge is 0.393 e. The third kappa shape index (κ3) is 4.23. The van der Waals surface area contributed by atoms with E-state index in [0.717, 1.165) is 43.6 Å². The molecule has 0 spiro atoms. The zero-order valence-corrected chi connectivity index (χ0v) is 16.3. The molecule has 1 aliphatic rings. The Bertz CT molecular complexity index is 683. The first-order chi connectivity index (χ1) is 13.0. The van der Waals surface area contributed by atoms with Crippen LogP contribution in [0.1, 0.15) is 30.4 Å². The van der Waals surface area contributed by atoms with Crippen LogP contribution in [0.15, 0.2) is 60.7 Å². The van der Waals surface area contributed by atoms with Gasteiger partial charge in [-0.05, 0) is 36.9 Å². The van der Waals surface area contributed by atoms with Crippen molar-refractivity contribution in [3.8, 4) is 0 Å². The van der Waals surface area contributed by atoms with Crippen molar-refractivity contribution in [3.05, 3.63) is 71.8 Å². The Kier molecular flexibility index (Phi) is 6.30. The summed E-state index contributed by atoms with van der Waals surface area (Å²) in [6, 6.07) is 20.3. The molecule has 27 heavy (non-hydrogen) atoms. The number of nitrogens with zero attached hydrogens (tertiary/aromatic N) is 2. The molecule has 4 nitrogen and oxygen atoms in total. The molecule has 0 aromatic heterocycles. The first kappa shape index (κ1) is 19.6. The number of carbonyl (C=O) groups is 1. The highest BCUT2D eigenvalue weighted by molar-refractivity contribution is 5.91. The van der Waals surface area contributed by atoms with Gasteiger partial charge in [0.1, 0.15) is 5.41 Å². The third-order valence-corrected chi connectivity index (χ3v) is 5.66. The number of carbonyl (C=O) groups excluding carboxylic acids is 1. The lowest BCUT2D eigenvalue weighted by atomic mass is 9.70. The molecule has 1 aliphatic heterocycles. The van der Waals surface area contributed by atoms with Gasteiger partial charge >= 0.3 is 0 Å². The number of aliphatic hydroxyl groups is 1. The van der Waals surface area contributed by atoms with Gasteiger partial charge in [0.05, 0.1) is 6.10 Å². The molecule has 0 bridgehead atoms. The zero-order valence-electron chi connectivity index (χ0n) is 16.3. The summed E-state index contributed by atoms with van der Waals surface area (Å²) < 4.78 is 0. The average Bonchev–Trinajstić information content (AvgIpc) is 2.71. The molecule has 1 fully saturated rings. The Morgan fingerprint density at radius 3 is 1.93 bits per heavy atom. The van der Waals surface area contributed by atoms with Crippen LogP contribution in [0, 0.1) is 0 Å². The second-order valence-electron chi connectivity index (χ2n) is 7.66. The average molecular weight is 367 g/mol. The number of rotatable bonds is 6. The molecule has 1 saturated heterocycles. The Morgan fingerprint density at radius 1 is 1.00 bits per heavy atom. The zero-order chi connectivity index (χ0) is 19.3. The molecule has 0 aliphatic carbocycles. The highest BCUT2D eigenvalue weighted by Crippen LogP contribution is 2.38. The summed E-state index contributed by atoms with van der Waals surface area (Å²) in [7, 11) is 3.67. The van der Waals surface area contributed by atoms with Crippen LogP contribution < -0.4 is 0 Å². The van der Waals surface area contributed by atoms with Crippen LogP contribution in [0.25, 0.3) is 0 Å². The molecule has 0 radical (unpaired) electrons. The van der Waals surface area contributed by atoms with Crippen LogP contribution in [0.4, 0.5) is 0 Å². The van der Waals surface area contributed by atoms with Crippen LogP contribution in [-0.2, 0) is 10.2 Å². The predicted octanol–water partition coefficient (Wildman–Crippen LogP) is 2.91. The van der Waals surface area contributed by atoms with Crippen LogP contribution in [0.5, 0.6) is 0 Å². The Labute approximate surface area is 162 Å². The van der Waals surface area contributed by atoms with Crippen LogP contribution in [0.3, 0.4) is 0 Å². The van der Waals surface area contributed by atoms with Crippen molar-refractivity contribution < 1.29 is 9.90 Å². The van der Waals surface area contributed by atoms with Crippen molar-refractivity contribution in [2.24, 2.45) is 0 Å². The monoisotopic (exact) mass is 366 g/mol. The summed E-state index contributed by atoms with van der Waals surface area (Å²) in [5.74, 6) is 0.108. The second-order valence-corrected chi connectivity index (χ2v) is 7.66. The van der Waals surface area contributed by atoms with E-state index in [9.17, 15) is 9.90 Å². The summed E-state index contributed by atoms with van der Waals surface area (Å²) in [5.41, 5.74) is 1.36. The Balaban J connectivity index is 1.99. The van der Waals surface area contributed by atoms with E-state index in [0.29, 0.717) is 6.42 Å². The number of amides is 1. The van der Waals surface area contributed by atoms with Gasteiger partial charge in [0.2, 0.25) is 5.91 Å². The maximum atomic E-state index is 13.6. The summed E-state index contributed by atoms with van der Waals surface area (Å²) in [5, 5.41) is 9.78. The van der Waals surface area contributed by atoms with Crippen molar-refractivity contribution in [2.75, 3.05) is 33.7 Å². The fourth-order valence-corrected chi connectivity index (χ4v) is 4.11. The van der Waals surface area contributed by atoms with Crippen molar-refractivity contribution in [1.82, 2.24) is 9.80 Å². The number of likely N-dealkylation sites (N-methyl/N-ethyl adjacent to an activating group) is 1. The molecule has 0 unspecified atom stereocenters. The standard InChI is InChI=1S/C23H30N2O2/c1-24(2)22(27)23(19-9-5-3-6-10-19,20-11-7-4-8-12-20)15-18-25-16-13-21(26)14-17-25/h3-12,21,26H,13-18H2,1-2H3. The minimum Gasteiger partial charge on any atom is -0.393 e. The normalized spacial score (nSPS) is 16.3. The Hall–Kier alpha value is -2.17. The van der Waals surface area contributed by atoms with Gasteiger partial charge in [-0.15, -0.1) is 0 Å². The topological polar surface area (TPSA) is 43.8 Å². The number of hydrogen-bond acceptors (Lipinski definition) is 3. The number of aliphatic hydroxyl groups excluding tert-OH is 1. The lowest BCUT2D eigenvalue weighted by Gasteiger charge is -2.38. The van der Waals surface area contributed by atoms with Crippen molar-refractivity contribution in [3.63, 3.8) is 0 Å². The summed E-state index contributed by atoms with van der Waals surface area (Å²) in [6.45, 7) is 2.60. The molecule has 2 aromatic rings. The lowest BCUT2D eigenvalue weighted by molar-refractivity contribution is -0.133. The fourth-order valence-electron chi connectivity index (χ4n) is 4.11. The lowest BCUT2D eigenvalue weighted by Crippen LogP contribution is -2.47. The molecular formula is C23H30N2O2. The van der Waals surface area contributed by atoms with Crippen molar-refractivity contribution in [2.45, 2.75) is 30.8 Å². The van der Waals surface area contributed by atoms with Crippen molar-refractivity contribution in [1.29, 1.82) is 0 Å². The van der Waals surface area contributed by atoms with Gasteiger partial charge in [0.25, 0.3) is 0 Å². The molecule has 3 rings (SSSR count). The van der Waals surface area contributed by atoms with Crippen LogP contribution in [-0.4, -0.2) is 60.6 Å². The van der Waals surface area contributed by atoms with Crippen molar-refractivity contribution >= 4 is 5.91 Å². The highest BCUT2D eigenvalue weighted by Gasteiger charge is 2.43. The van der Waals surface area contributed by atoms with E-state index in [1.165, 1.54) is 0 Å². The summed E-state index contributed by atoms with van der Waals surface area (Å²) >= 11 is 0. The molecule has 1 heterocycles. The highest BCUT2D eigenvalue weighted by atomic mass is 16.3. The first-order valence-corrected chi connectivity index (χ1v) is 9.77. The maximum absolute atomic E-state index is 13.6. The quantitative estimate of drug-likeness (QED) is 0.855. The minimum absolute atomic E-state index is 0.108. The molecular weight excluding hydrogens is 336 g/mol. The molecule has 1 amide bonds. The van der Waals surface area contributed by atoms with Gasteiger partial charge in [0.15, 0.2) is 0 Å². The maximum Gasteiger partial charge on any atom is 0.237 e. The molecule has 4 heteroatoms.